The number of hydrogen-bond acceptors (Lipinski definition) is 2. The van der Waals surface area contributed by atoms with Gasteiger partial charge in [0.25, 0.3) is 0 Å². The van der Waals surface area contributed by atoms with E-state index in [0.717, 1.165) is 12.0 Å². The number of aryl methyl sites for hydroxylation is 1. The molecular formula is C11H13NO. The van der Waals surface area contributed by atoms with Crippen molar-refractivity contribution in [3.8, 4) is 6.07 Å². The van der Waals surface area contributed by atoms with Crippen LogP contribution < -0.4 is 0 Å². The van der Waals surface area contributed by atoms with Gasteiger partial charge >= 0.3 is 0 Å². The van der Waals surface area contributed by atoms with Crippen LogP contribution in [0.4, 0.5) is 0 Å². The highest BCUT2D eigenvalue weighted by Crippen LogP contribution is 2.10. The fourth-order valence-corrected chi connectivity index (χ4v) is 1.21. The normalized spacial score (nSPS) is 12.1. The van der Waals surface area contributed by atoms with E-state index in [-0.39, 0.29) is 6.10 Å². The molecule has 1 N–H and O–H groups in total. The van der Waals surface area contributed by atoms with E-state index in [1.165, 1.54) is 0 Å². The van der Waals surface area contributed by atoms with Crippen LogP contribution >= 0.6 is 0 Å². The van der Waals surface area contributed by atoms with E-state index in [1.807, 2.05) is 18.2 Å². The molecule has 0 radical (unpaired) electrons. The van der Waals surface area contributed by atoms with Gasteiger partial charge in [0.1, 0.15) is 0 Å². The lowest BCUT2D eigenvalue weighted by molar-refractivity contribution is 0.185. The Morgan fingerprint density at radius 2 is 2.15 bits per heavy atom. The molecule has 2 heteroatoms. The van der Waals surface area contributed by atoms with Crippen molar-refractivity contribution in [3.63, 3.8) is 0 Å². The Labute approximate surface area is 78.4 Å². The molecule has 0 saturated carbocycles. The lowest BCUT2D eigenvalue weighted by Crippen LogP contribution is -2.02. The van der Waals surface area contributed by atoms with Crippen molar-refractivity contribution >= 4 is 0 Å². The zero-order chi connectivity index (χ0) is 9.68. The maximum atomic E-state index is 9.09. The third-order valence-corrected chi connectivity index (χ3v) is 1.97. The summed E-state index contributed by atoms with van der Waals surface area (Å²) in [6, 6.07) is 9.64. The third-order valence-electron chi connectivity index (χ3n) is 1.97. The Bertz CT molecular complexity index is 312. The summed E-state index contributed by atoms with van der Waals surface area (Å²) in [4.78, 5) is 0. The molecule has 0 bridgehead atoms. The van der Waals surface area contributed by atoms with Gasteiger partial charge in [0, 0.05) is 0 Å². The van der Waals surface area contributed by atoms with Gasteiger partial charge in [0.15, 0.2) is 0 Å². The van der Waals surface area contributed by atoms with E-state index in [2.05, 4.69) is 6.07 Å². The van der Waals surface area contributed by atoms with Crippen molar-refractivity contribution in [2.75, 3.05) is 0 Å². The molecule has 13 heavy (non-hydrogen) atoms. The van der Waals surface area contributed by atoms with Crippen LogP contribution in [0.5, 0.6) is 0 Å². The van der Waals surface area contributed by atoms with E-state index in [4.69, 9.17) is 10.4 Å². The van der Waals surface area contributed by atoms with Crippen molar-refractivity contribution in [3.05, 3.63) is 35.4 Å². The van der Waals surface area contributed by atoms with Crippen molar-refractivity contribution in [1.29, 1.82) is 5.26 Å². The summed E-state index contributed by atoms with van der Waals surface area (Å²) in [5.41, 5.74) is 1.73. The minimum absolute atomic E-state index is 0.299. The molecule has 0 saturated heterocycles. The molecule has 0 amide bonds. The van der Waals surface area contributed by atoms with Crippen LogP contribution in [0.1, 0.15) is 24.5 Å². The Morgan fingerprint density at radius 1 is 1.46 bits per heavy atom. The smallest absolute Gasteiger partial charge is 0.0994 e. The lowest BCUT2D eigenvalue weighted by Gasteiger charge is -2.05. The molecule has 0 spiro atoms. The zero-order valence-corrected chi connectivity index (χ0v) is 7.70. The average molecular weight is 175 g/mol. The number of nitriles is 1. The molecule has 0 aliphatic rings. The molecule has 0 aliphatic heterocycles. The number of benzene rings is 1. The van der Waals surface area contributed by atoms with Crippen LogP contribution in [-0.2, 0) is 6.42 Å². The van der Waals surface area contributed by atoms with Crippen LogP contribution in [0.3, 0.4) is 0 Å². The summed E-state index contributed by atoms with van der Waals surface area (Å²) < 4.78 is 0. The lowest BCUT2D eigenvalue weighted by atomic mass is 10.0. The van der Waals surface area contributed by atoms with E-state index >= 15 is 0 Å². The molecule has 0 fully saturated rings. The molecule has 68 valence electrons. The molecular weight excluding hydrogens is 162 g/mol. The molecule has 0 heterocycles. The van der Waals surface area contributed by atoms with Gasteiger partial charge in [-0.05, 0) is 31.4 Å². The highest BCUT2D eigenvalue weighted by Gasteiger charge is 2.02. The maximum absolute atomic E-state index is 9.09. The molecule has 0 unspecified atom stereocenters. The number of aliphatic hydroxyl groups excluding tert-OH is 1. The largest absolute Gasteiger partial charge is 0.393 e. The summed E-state index contributed by atoms with van der Waals surface area (Å²) in [6.45, 7) is 1.76. The SMILES string of the molecule is C[C@@H](O)CCc1ccccc1C#N. The summed E-state index contributed by atoms with van der Waals surface area (Å²) >= 11 is 0. The van der Waals surface area contributed by atoms with Gasteiger partial charge in [0.2, 0.25) is 0 Å². The Kier molecular flexibility index (Phi) is 3.48. The molecule has 1 aromatic rings. The zero-order valence-electron chi connectivity index (χ0n) is 7.70. The third kappa shape index (κ3) is 2.89. The predicted molar refractivity (Wildman–Crippen MR) is 51.2 cm³/mol. The Hall–Kier alpha value is -1.33. The summed E-state index contributed by atoms with van der Waals surface area (Å²) in [5.74, 6) is 0. The second-order valence-corrected chi connectivity index (χ2v) is 3.16. The van der Waals surface area contributed by atoms with E-state index in [9.17, 15) is 0 Å². The van der Waals surface area contributed by atoms with E-state index < -0.39 is 0 Å². The quantitative estimate of drug-likeness (QED) is 0.762. The van der Waals surface area contributed by atoms with Crippen LogP contribution in [0.25, 0.3) is 0 Å². The standard InChI is InChI=1S/C11H13NO/c1-9(13)6-7-10-4-2-3-5-11(10)8-12/h2-5,9,13H,6-7H2,1H3/t9-/m1/s1. The molecule has 1 atom stereocenters. The molecule has 0 aromatic heterocycles. The van der Waals surface area contributed by atoms with Gasteiger partial charge in [0.05, 0.1) is 17.7 Å². The predicted octanol–water partition coefficient (Wildman–Crippen LogP) is 1.87. The van der Waals surface area contributed by atoms with Crippen LogP contribution in [-0.4, -0.2) is 11.2 Å². The van der Waals surface area contributed by atoms with Crippen LogP contribution in [0, 0.1) is 11.3 Å². The molecule has 1 rings (SSSR count). The Morgan fingerprint density at radius 3 is 2.77 bits per heavy atom. The van der Waals surface area contributed by atoms with E-state index in [1.54, 1.807) is 13.0 Å². The summed E-state index contributed by atoms with van der Waals surface area (Å²) in [6.07, 6.45) is 1.17. The fourth-order valence-electron chi connectivity index (χ4n) is 1.21. The van der Waals surface area contributed by atoms with Crippen LogP contribution in [0.2, 0.25) is 0 Å². The Balaban J connectivity index is 2.71. The van der Waals surface area contributed by atoms with Crippen molar-refractivity contribution in [2.45, 2.75) is 25.9 Å². The average Bonchev–Trinajstić information content (AvgIpc) is 2.15. The van der Waals surface area contributed by atoms with Gasteiger partial charge in [-0.25, -0.2) is 0 Å². The van der Waals surface area contributed by atoms with Crippen LogP contribution in [0.15, 0.2) is 24.3 Å². The van der Waals surface area contributed by atoms with Crippen molar-refractivity contribution in [1.82, 2.24) is 0 Å². The molecule has 1 aromatic carbocycles. The topological polar surface area (TPSA) is 44.0 Å². The van der Waals surface area contributed by atoms with Crippen molar-refractivity contribution < 1.29 is 5.11 Å². The van der Waals surface area contributed by atoms with Gasteiger partial charge in [-0.15, -0.1) is 0 Å². The monoisotopic (exact) mass is 175 g/mol. The molecule has 2 nitrogen and oxygen atoms in total. The summed E-state index contributed by atoms with van der Waals surface area (Å²) in [5, 5.41) is 17.9. The number of aliphatic hydroxyl groups is 1. The minimum Gasteiger partial charge on any atom is -0.393 e. The fraction of sp³-hybridized carbons (Fsp3) is 0.364. The minimum atomic E-state index is -0.299. The van der Waals surface area contributed by atoms with Gasteiger partial charge < -0.3 is 5.11 Å². The van der Waals surface area contributed by atoms with Gasteiger partial charge in [-0.3, -0.25) is 0 Å². The van der Waals surface area contributed by atoms with Crippen molar-refractivity contribution in [2.24, 2.45) is 0 Å². The first kappa shape index (κ1) is 9.76. The first-order valence-electron chi connectivity index (χ1n) is 4.40. The highest BCUT2D eigenvalue weighted by molar-refractivity contribution is 5.37. The summed E-state index contributed by atoms with van der Waals surface area (Å²) in [7, 11) is 0. The molecule has 0 aliphatic carbocycles. The maximum Gasteiger partial charge on any atom is 0.0994 e. The number of hydrogen-bond donors (Lipinski definition) is 1. The second-order valence-electron chi connectivity index (χ2n) is 3.16. The second kappa shape index (κ2) is 4.64. The first-order chi connectivity index (χ1) is 6.24. The van der Waals surface area contributed by atoms with Gasteiger partial charge in [-0.1, -0.05) is 18.2 Å². The number of nitrogens with zero attached hydrogens (tertiary/aromatic N) is 1. The van der Waals surface area contributed by atoms with Gasteiger partial charge in [-0.2, -0.15) is 5.26 Å². The number of rotatable bonds is 3. The first-order valence-corrected chi connectivity index (χ1v) is 4.40. The van der Waals surface area contributed by atoms with E-state index in [0.29, 0.717) is 12.0 Å². The highest BCUT2D eigenvalue weighted by atomic mass is 16.3.